The fraction of sp³-hybridized carbons (Fsp3) is 0.263. The summed E-state index contributed by atoms with van der Waals surface area (Å²) in [4.78, 5) is 21.3. The van der Waals surface area contributed by atoms with E-state index < -0.39 is 12.0 Å². The minimum atomic E-state index is -0.563. The molecule has 0 spiro atoms. The first-order valence-corrected chi connectivity index (χ1v) is 8.66. The Hall–Kier alpha value is -3.42. The maximum absolute atomic E-state index is 12.7. The average Bonchev–Trinajstić information content (AvgIpc) is 3.27. The number of ether oxygens (including phenoxy) is 1. The molecule has 27 heavy (non-hydrogen) atoms. The Balaban J connectivity index is 1.85. The van der Waals surface area contributed by atoms with Crippen LogP contribution in [0, 0.1) is 6.92 Å². The van der Waals surface area contributed by atoms with Gasteiger partial charge in [-0.15, -0.1) is 5.10 Å². The van der Waals surface area contributed by atoms with Crippen molar-refractivity contribution in [3.8, 4) is 11.4 Å². The molecule has 8 nitrogen and oxygen atoms in total. The van der Waals surface area contributed by atoms with Gasteiger partial charge in [-0.25, -0.2) is 9.48 Å². The number of rotatable bonds is 4. The molecule has 0 saturated heterocycles. The lowest BCUT2D eigenvalue weighted by molar-refractivity contribution is -0.139. The van der Waals surface area contributed by atoms with E-state index >= 15 is 0 Å². The molecule has 1 aliphatic rings. The van der Waals surface area contributed by atoms with E-state index in [1.807, 2.05) is 38.1 Å². The standard InChI is InChI=1S/C19H19N5O3/c1-4-26-18(25)15-12(3)21-19-22-17(13-6-5-9-20-10-13)23-24(19)16(15)14-8-7-11(2)27-14/h5-10,16H,4H2,1-3H3,(H,21,22,23). The van der Waals surface area contributed by atoms with Gasteiger partial charge in [0.15, 0.2) is 5.82 Å². The molecule has 1 aliphatic heterocycles. The van der Waals surface area contributed by atoms with Crippen LogP contribution >= 0.6 is 0 Å². The minimum Gasteiger partial charge on any atom is -0.464 e. The normalized spacial score (nSPS) is 16.0. The van der Waals surface area contributed by atoms with Gasteiger partial charge in [0.05, 0.1) is 12.2 Å². The highest BCUT2D eigenvalue weighted by atomic mass is 16.5. The topological polar surface area (TPSA) is 95.1 Å². The summed E-state index contributed by atoms with van der Waals surface area (Å²) in [6.07, 6.45) is 3.39. The van der Waals surface area contributed by atoms with E-state index in [-0.39, 0.29) is 6.61 Å². The van der Waals surface area contributed by atoms with Crippen LogP contribution in [0.2, 0.25) is 0 Å². The van der Waals surface area contributed by atoms with E-state index in [9.17, 15) is 4.79 Å². The average molecular weight is 365 g/mol. The third kappa shape index (κ3) is 2.99. The number of pyridine rings is 1. The lowest BCUT2D eigenvalue weighted by Crippen LogP contribution is -2.29. The third-order valence-electron chi connectivity index (χ3n) is 4.30. The number of hydrogen-bond acceptors (Lipinski definition) is 7. The van der Waals surface area contributed by atoms with Crippen molar-refractivity contribution in [3.63, 3.8) is 0 Å². The summed E-state index contributed by atoms with van der Waals surface area (Å²) in [7, 11) is 0. The van der Waals surface area contributed by atoms with Crippen LogP contribution in [0.4, 0.5) is 5.95 Å². The highest BCUT2D eigenvalue weighted by Gasteiger charge is 2.37. The molecule has 0 aromatic carbocycles. The molecule has 0 aliphatic carbocycles. The van der Waals surface area contributed by atoms with E-state index in [2.05, 4.69) is 20.4 Å². The minimum absolute atomic E-state index is 0.282. The maximum atomic E-state index is 12.7. The second-order valence-electron chi connectivity index (χ2n) is 6.18. The first-order valence-electron chi connectivity index (χ1n) is 8.66. The van der Waals surface area contributed by atoms with Crippen LogP contribution in [0.1, 0.15) is 31.4 Å². The number of nitrogens with zero attached hydrogens (tertiary/aromatic N) is 4. The lowest BCUT2D eigenvalue weighted by atomic mass is 10.0. The van der Waals surface area contributed by atoms with Crippen LogP contribution in [0.5, 0.6) is 0 Å². The summed E-state index contributed by atoms with van der Waals surface area (Å²) in [5.74, 6) is 1.97. The van der Waals surface area contributed by atoms with Crippen molar-refractivity contribution in [1.29, 1.82) is 0 Å². The number of allylic oxidation sites excluding steroid dienone is 1. The molecule has 3 aromatic heterocycles. The molecule has 4 heterocycles. The number of carbonyl (C=O) groups excluding carboxylic acids is 1. The molecule has 3 aromatic rings. The Morgan fingerprint density at radius 3 is 2.85 bits per heavy atom. The van der Waals surface area contributed by atoms with Gasteiger partial charge in [-0.3, -0.25) is 4.98 Å². The predicted octanol–water partition coefficient (Wildman–Crippen LogP) is 3.09. The summed E-state index contributed by atoms with van der Waals surface area (Å²) < 4.78 is 12.8. The summed E-state index contributed by atoms with van der Waals surface area (Å²) in [6, 6.07) is 6.84. The quantitative estimate of drug-likeness (QED) is 0.710. The first-order chi connectivity index (χ1) is 13.1. The Kier molecular flexibility index (Phi) is 4.23. The van der Waals surface area contributed by atoms with Gasteiger partial charge in [0, 0.05) is 23.7 Å². The number of furan rings is 1. The molecule has 0 amide bonds. The number of aryl methyl sites for hydroxylation is 1. The number of hydrogen-bond donors (Lipinski definition) is 1. The van der Waals surface area contributed by atoms with Crippen molar-refractivity contribution in [2.75, 3.05) is 11.9 Å². The maximum Gasteiger partial charge on any atom is 0.338 e. The Bertz CT molecular complexity index is 1020. The number of anilines is 1. The van der Waals surface area contributed by atoms with E-state index in [0.29, 0.717) is 28.8 Å². The van der Waals surface area contributed by atoms with Crippen LogP contribution in [0.25, 0.3) is 11.4 Å². The van der Waals surface area contributed by atoms with Gasteiger partial charge >= 0.3 is 5.97 Å². The summed E-state index contributed by atoms with van der Waals surface area (Å²) in [5, 5.41) is 7.77. The fourth-order valence-corrected chi connectivity index (χ4v) is 3.11. The van der Waals surface area contributed by atoms with Crippen LogP contribution in [0.15, 0.2) is 52.3 Å². The van der Waals surface area contributed by atoms with Gasteiger partial charge in [0.2, 0.25) is 5.95 Å². The molecule has 4 rings (SSSR count). The molecule has 8 heteroatoms. The smallest absolute Gasteiger partial charge is 0.338 e. The summed E-state index contributed by atoms with van der Waals surface area (Å²) in [6.45, 7) is 5.73. The fourth-order valence-electron chi connectivity index (χ4n) is 3.11. The Morgan fingerprint density at radius 1 is 1.33 bits per heavy atom. The van der Waals surface area contributed by atoms with Crippen molar-refractivity contribution in [1.82, 2.24) is 19.7 Å². The molecule has 138 valence electrons. The highest BCUT2D eigenvalue weighted by molar-refractivity contribution is 5.92. The molecular weight excluding hydrogens is 346 g/mol. The van der Waals surface area contributed by atoms with Crippen molar-refractivity contribution in [2.24, 2.45) is 0 Å². The molecule has 1 N–H and O–H groups in total. The van der Waals surface area contributed by atoms with E-state index in [1.165, 1.54) is 0 Å². The summed E-state index contributed by atoms with van der Waals surface area (Å²) in [5.41, 5.74) is 1.89. The van der Waals surface area contributed by atoms with Gasteiger partial charge in [-0.05, 0) is 45.0 Å². The number of carbonyl (C=O) groups is 1. The predicted molar refractivity (Wildman–Crippen MR) is 97.8 cm³/mol. The molecule has 0 fully saturated rings. The van der Waals surface area contributed by atoms with Crippen LogP contribution in [-0.4, -0.2) is 32.3 Å². The highest BCUT2D eigenvalue weighted by Crippen LogP contribution is 2.37. The zero-order chi connectivity index (χ0) is 19.0. The van der Waals surface area contributed by atoms with Gasteiger partial charge in [0.1, 0.15) is 17.6 Å². The van der Waals surface area contributed by atoms with Gasteiger partial charge in [-0.1, -0.05) is 0 Å². The van der Waals surface area contributed by atoms with Crippen LogP contribution in [-0.2, 0) is 9.53 Å². The molecule has 1 unspecified atom stereocenters. The molecular formula is C19H19N5O3. The number of esters is 1. The van der Waals surface area contributed by atoms with Crippen LogP contribution in [0.3, 0.4) is 0 Å². The second kappa shape index (κ2) is 6.71. The molecule has 1 atom stereocenters. The monoisotopic (exact) mass is 365 g/mol. The number of fused-ring (bicyclic) bond motifs is 1. The van der Waals surface area contributed by atoms with Gasteiger partial charge in [-0.2, -0.15) is 4.98 Å². The summed E-state index contributed by atoms with van der Waals surface area (Å²) >= 11 is 0. The molecule has 0 saturated carbocycles. The lowest BCUT2D eigenvalue weighted by Gasteiger charge is -2.26. The molecule has 0 bridgehead atoms. The SMILES string of the molecule is CCOC(=O)C1=C(C)Nc2nc(-c3cccnc3)nn2C1c1ccc(C)o1. The van der Waals surface area contributed by atoms with Crippen molar-refractivity contribution in [2.45, 2.75) is 26.8 Å². The Morgan fingerprint density at radius 2 is 2.19 bits per heavy atom. The van der Waals surface area contributed by atoms with E-state index in [0.717, 1.165) is 11.3 Å². The molecule has 0 radical (unpaired) electrons. The van der Waals surface area contributed by atoms with E-state index in [4.69, 9.17) is 9.15 Å². The van der Waals surface area contributed by atoms with Gasteiger partial charge in [0.25, 0.3) is 0 Å². The second-order valence-corrected chi connectivity index (χ2v) is 6.18. The first kappa shape index (κ1) is 17.0. The van der Waals surface area contributed by atoms with Crippen molar-refractivity contribution < 1.29 is 13.9 Å². The largest absolute Gasteiger partial charge is 0.464 e. The van der Waals surface area contributed by atoms with Crippen LogP contribution < -0.4 is 5.32 Å². The number of nitrogens with one attached hydrogen (secondary N) is 1. The third-order valence-corrected chi connectivity index (χ3v) is 4.30. The van der Waals surface area contributed by atoms with Crippen molar-refractivity contribution >= 4 is 11.9 Å². The zero-order valence-electron chi connectivity index (χ0n) is 15.3. The zero-order valence-corrected chi connectivity index (χ0v) is 15.3. The van der Waals surface area contributed by atoms with E-state index in [1.54, 1.807) is 24.0 Å². The van der Waals surface area contributed by atoms with Gasteiger partial charge < -0.3 is 14.5 Å². The Labute approximate surface area is 155 Å². The van der Waals surface area contributed by atoms with Crippen molar-refractivity contribution in [3.05, 3.63) is 59.4 Å². The number of aromatic nitrogens is 4.